The fourth-order valence-corrected chi connectivity index (χ4v) is 4.28. The van der Waals surface area contributed by atoms with Crippen molar-refractivity contribution >= 4 is 17.7 Å². The van der Waals surface area contributed by atoms with E-state index in [0.29, 0.717) is 11.7 Å². The van der Waals surface area contributed by atoms with E-state index < -0.39 is 0 Å². The Kier molecular flexibility index (Phi) is 7.26. The number of hydrogen-bond donors (Lipinski definition) is 1. The zero-order valence-electron chi connectivity index (χ0n) is 14.2. The van der Waals surface area contributed by atoms with Crippen LogP contribution in [-0.2, 0) is 4.79 Å². The number of nitrogens with zero attached hydrogens (tertiary/aromatic N) is 1. The van der Waals surface area contributed by atoms with E-state index in [1.165, 1.54) is 6.42 Å². The summed E-state index contributed by atoms with van der Waals surface area (Å²) in [6, 6.07) is 7.86. The smallest absolute Gasteiger partial charge is 0.224 e. The fourth-order valence-electron chi connectivity index (χ4n) is 3.12. The van der Waals surface area contributed by atoms with Gasteiger partial charge in [0.05, 0.1) is 20.3 Å². The van der Waals surface area contributed by atoms with Gasteiger partial charge in [0.2, 0.25) is 5.91 Å². The summed E-state index contributed by atoms with van der Waals surface area (Å²) in [6.07, 6.45) is 4.22. The summed E-state index contributed by atoms with van der Waals surface area (Å²) in [7, 11) is 3.25. The molecule has 0 aliphatic heterocycles. The van der Waals surface area contributed by atoms with E-state index in [1.54, 1.807) is 26.0 Å². The van der Waals surface area contributed by atoms with Gasteiger partial charge < -0.3 is 14.8 Å². The number of carbonyl (C=O) groups excluding carboxylic acids is 1. The highest BCUT2D eigenvalue weighted by Gasteiger charge is 2.30. The van der Waals surface area contributed by atoms with Crippen LogP contribution in [0.3, 0.4) is 0 Å². The molecule has 1 aliphatic rings. The molecule has 0 spiro atoms. The van der Waals surface area contributed by atoms with Crippen molar-refractivity contribution in [2.45, 2.75) is 30.6 Å². The molecule has 2 rings (SSSR count). The van der Waals surface area contributed by atoms with Gasteiger partial charge in [-0.05, 0) is 37.0 Å². The van der Waals surface area contributed by atoms with E-state index >= 15 is 0 Å². The lowest BCUT2D eigenvalue weighted by Gasteiger charge is -2.30. The quantitative estimate of drug-likeness (QED) is 0.605. The summed E-state index contributed by atoms with van der Waals surface area (Å²) >= 11 is 1.74. The molecule has 1 fully saturated rings. The third kappa shape index (κ3) is 4.81. The predicted octanol–water partition coefficient (Wildman–Crippen LogP) is 3.24. The summed E-state index contributed by atoms with van der Waals surface area (Å²) in [4.78, 5) is 13.4. The minimum atomic E-state index is 0.0137. The molecule has 1 aliphatic carbocycles. The van der Waals surface area contributed by atoms with Gasteiger partial charge in [-0.2, -0.15) is 5.26 Å². The van der Waals surface area contributed by atoms with Crippen molar-refractivity contribution in [2.75, 3.05) is 26.5 Å². The van der Waals surface area contributed by atoms with Gasteiger partial charge >= 0.3 is 0 Å². The van der Waals surface area contributed by atoms with Crippen LogP contribution in [0.2, 0.25) is 0 Å². The van der Waals surface area contributed by atoms with Crippen LogP contribution in [0.1, 0.15) is 25.7 Å². The van der Waals surface area contributed by atoms with Crippen molar-refractivity contribution in [3.05, 3.63) is 18.2 Å². The number of methoxy groups -OCH3 is 2. The topological polar surface area (TPSA) is 71.3 Å². The molecule has 1 aromatic rings. The molecule has 5 nitrogen and oxygen atoms in total. The van der Waals surface area contributed by atoms with Crippen molar-refractivity contribution in [3.63, 3.8) is 0 Å². The summed E-state index contributed by atoms with van der Waals surface area (Å²) in [5.41, 5.74) is 0. The largest absolute Gasteiger partial charge is 0.493 e. The maximum atomic E-state index is 12.3. The first-order chi connectivity index (χ1) is 11.7. The molecule has 0 unspecified atom stereocenters. The van der Waals surface area contributed by atoms with E-state index in [1.807, 2.05) is 24.3 Å². The number of benzene rings is 1. The van der Waals surface area contributed by atoms with Gasteiger partial charge in [-0.3, -0.25) is 4.79 Å². The van der Waals surface area contributed by atoms with Crippen LogP contribution in [-0.4, -0.2) is 32.4 Å². The van der Waals surface area contributed by atoms with E-state index in [4.69, 9.17) is 14.7 Å². The lowest BCUT2D eigenvalue weighted by molar-refractivity contribution is -0.127. The molecule has 0 heterocycles. The third-order valence-electron chi connectivity index (χ3n) is 4.41. The Morgan fingerprint density at radius 1 is 1.29 bits per heavy atom. The predicted molar refractivity (Wildman–Crippen MR) is 94.3 cm³/mol. The monoisotopic (exact) mass is 348 g/mol. The zero-order chi connectivity index (χ0) is 17.4. The molecular weight excluding hydrogens is 324 g/mol. The van der Waals surface area contributed by atoms with Crippen LogP contribution in [0.5, 0.6) is 11.5 Å². The highest BCUT2D eigenvalue weighted by Crippen LogP contribution is 2.37. The van der Waals surface area contributed by atoms with Crippen molar-refractivity contribution < 1.29 is 14.3 Å². The standard InChI is InChI=1S/C18H24N2O3S/c1-22-16-8-7-14(11-17(16)23-2)24-12-13-5-3-4-6-15(13)18(21)20-10-9-19/h7-8,11,13,15H,3-6,10,12H2,1-2H3,(H,20,21)/t13-,15+/m0/s1. The van der Waals surface area contributed by atoms with Crippen molar-refractivity contribution in [1.82, 2.24) is 5.32 Å². The molecular formula is C18H24N2O3S. The van der Waals surface area contributed by atoms with Crippen LogP contribution in [0.15, 0.2) is 23.1 Å². The zero-order valence-corrected chi connectivity index (χ0v) is 15.0. The van der Waals surface area contributed by atoms with Crippen molar-refractivity contribution in [2.24, 2.45) is 11.8 Å². The number of carbonyl (C=O) groups is 1. The van der Waals surface area contributed by atoms with Gasteiger partial charge in [0.25, 0.3) is 0 Å². The number of nitrogens with one attached hydrogen (secondary N) is 1. The summed E-state index contributed by atoms with van der Waals surface area (Å²) in [5, 5.41) is 11.4. The normalized spacial score (nSPS) is 20.0. The van der Waals surface area contributed by atoms with Crippen LogP contribution in [0, 0.1) is 23.2 Å². The van der Waals surface area contributed by atoms with Crippen LogP contribution >= 0.6 is 11.8 Å². The number of nitriles is 1. The van der Waals surface area contributed by atoms with Gasteiger partial charge in [-0.15, -0.1) is 11.8 Å². The lowest BCUT2D eigenvalue weighted by Crippen LogP contribution is -2.37. The molecule has 1 N–H and O–H groups in total. The first-order valence-corrected chi connectivity index (χ1v) is 9.17. The van der Waals surface area contributed by atoms with Gasteiger partial charge in [0.15, 0.2) is 11.5 Å². The number of thioether (sulfide) groups is 1. The number of rotatable bonds is 7. The van der Waals surface area contributed by atoms with Crippen LogP contribution < -0.4 is 14.8 Å². The Morgan fingerprint density at radius 3 is 2.75 bits per heavy atom. The molecule has 0 radical (unpaired) electrons. The Labute approximate surface area is 147 Å². The second-order valence-electron chi connectivity index (χ2n) is 5.85. The molecule has 130 valence electrons. The highest BCUT2D eigenvalue weighted by molar-refractivity contribution is 7.99. The highest BCUT2D eigenvalue weighted by atomic mass is 32.2. The molecule has 1 amide bonds. The maximum Gasteiger partial charge on any atom is 0.224 e. The molecule has 1 saturated carbocycles. The fraction of sp³-hybridized carbons (Fsp3) is 0.556. The summed E-state index contributed by atoms with van der Waals surface area (Å²) in [5.74, 6) is 2.70. The number of amides is 1. The summed E-state index contributed by atoms with van der Waals surface area (Å²) in [6.45, 7) is 0.0882. The maximum absolute atomic E-state index is 12.3. The molecule has 2 atom stereocenters. The molecule has 0 aromatic heterocycles. The average Bonchev–Trinajstić information content (AvgIpc) is 2.64. The van der Waals surface area contributed by atoms with E-state index in [0.717, 1.165) is 35.7 Å². The Bertz CT molecular complexity index is 600. The number of ether oxygens (including phenoxy) is 2. The first-order valence-electron chi connectivity index (χ1n) is 8.19. The summed E-state index contributed by atoms with van der Waals surface area (Å²) < 4.78 is 10.6. The molecule has 0 bridgehead atoms. The molecule has 6 heteroatoms. The second-order valence-corrected chi connectivity index (χ2v) is 6.95. The first kappa shape index (κ1) is 18.5. The molecule has 1 aromatic carbocycles. The van der Waals surface area contributed by atoms with Crippen LogP contribution in [0.25, 0.3) is 0 Å². The minimum absolute atomic E-state index is 0.0137. The Morgan fingerprint density at radius 2 is 2.04 bits per heavy atom. The lowest BCUT2D eigenvalue weighted by atomic mass is 9.80. The number of hydrogen-bond acceptors (Lipinski definition) is 5. The van der Waals surface area contributed by atoms with Crippen molar-refractivity contribution in [3.8, 4) is 17.6 Å². The average molecular weight is 348 g/mol. The van der Waals surface area contributed by atoms with Crippen LogP contribution in [0.4, 0.5) is 0 Å². The second kappa shape index (κ2) is 9.43. The van der Waals surface area contributed by atoms with Gasteiger partial charge in [-0.1, -0.05) is 12.8 Å². The molecule has 24 heavy (non-hydrogen) atoms. The third-order valence-corrected chi connectivity index (χ3v) is 5.59. The minimum Gasteiger partial charge on any atom is -0.493 e. The Hall–Kier alpha value is -1.87. The van der Waals surface area contributed by atoms with Gasteiger partial charge in [0, 0.05) is 16.6 Å². The van der Waals surface area contributed by atoms with Gasteiger partial charge in [-0.25, -0.2) is 0 Å². The molecule has 0 saturated heterocycles. The Balaban J connectivity index is 1.98. The SMILES string of the molecule is COc1ccc(SC[C@@H]2CCCC[C@H]2C(=O)NCC#N)cc1OC. The van der Waals surface area contributed by atoms with E-state index in [-0.39, 0.29) is 18.4 Å². The van der Waals surface area contributed by atoms with Gasteiger partial charge in [0.1, 0.15) is 6.54 Å². The van der Waals surface area contributed by atoms with E-state index in [9.17, 15) is 4.79 Å². The van der Waals surface area contributed by atoms with E-state index in [2.05, 4.69) is 5.32 Å². The van der Waals surface area contributed by atoms with Crippen molar-refractivity contribution in [1.29, 1.82) is 5.26 Å².